The second kappa shape index (κ2) is 6.00. The van der Waals surface area contributed by atoms with E-state index in [1.165, 1.54) is 12.1 Å². The number of benzene rings is 1. The molecule has 0 aliphatic rings. The SMILES string of the molecule is CCC(C)(C(O)Cc1ccc(Cl)c(F)c1)N(C)C. The highest BCUT2D eigenvalue weighted by Gasteiger charge is 2.33. The van der Waals surface area contributed by atoms with Crippen molar-refractivity contribution in [1.82, 2.24) is 4.90 Å². The molecule has 0 fully saturated rings. The van der Waals surface area contributed by atoms with Crippen LogP contribution in [0.4, 0.5) is 4.39 Å². The van der Waals surface area contributed by atoms with Gasteiger partial charge < -0.3 is 10.0 Å². The lowest BCUT2D eigenvalue weighted by Crippen LogP contribution is -2.51. The fourth-order valence-electron chi connectivity index (χ4n) is 1.96. The third kappa shape index (κ3) is 3.22. The number of hydrogen-bond acceptors (Lipinski definition) is 2. The Morgan fingerprint density at radius 1 is 1.44 bits per heavy atom. The number of halogens is 2. The van der Waals surface area contributed by atoms with Gasteiger partial charge in [0.25, 0.3) is 0 Å². The van der Waals surface area contributed by atoms with E-state index in [4.69, 9.17) is 11.6 Å². The van der Waals surface area contributed by atoms with E-state index in [2.05, 4.69) is 0 Å². The summed E-state index contributed by atoms with van der Waals surface area (Å²) in [6.45, 7) is 4.04. The monoisotopic (exact) mass is 273 g/mol. The van der Waals surface area contributed by atoms with Crippen molar-refractivity contribution in [3.05, 3.63) is 34.6 Å². The molecular weight excluding hydrogens is 253 g/mol. The Balaban J connectivity index is 2.86. The zero-order chi connectivity index (χ0) is 13.9. The van der Waals surface area contributed by atoms with Crippen molar-refractivity contribution in [1.29, 1.82) is 0 Å². The highest BCUT2D eigenvalue weighted by Crippen LogP contribution is 2.25. The third-order valence-electron chi connectivity index (χ3n) is 3.87. The Bertz CT molecular complexity index is 411. The van der Waals surface area contributed by atoms with Gasteiger partial charge in [0, 0.05) is 12.0 Å². The number of rotatable bonds is 5. The molecule has 1 aromatic carbocycles. The third-order valence-corrected chi connectivity index (χ3v) is 4.17. The molecule has 18 heavy (non-hydrogen) atoms. The Morgan fingerprint density at radius 3 is 2.50 bits per heavy atom. The van der Waals surface area contributed by atoms with E-state index in [0.717, 1.165) is 12.0 Å². The molecule has 0 aromatic heterocycles. The number of aliphatic hydroxyl groups is 1. The molecule has 1 rings (SSSR count). The largest absolute Gasteiger partial charge is 0.391 e. The molecular formula is C14H21ClFNO. The standard InChI is InChI=1S/C14H21ClFNO/c1-5-14(2,17(3)4)13(18)9-10-6-7-11(15)12(16)8-10/h6-8,13,18H,5,9H2,1-4H3. The Labute approximate surface area is 113 Å². The second-order valence-corrected chi connectivity index (χ2v) is 5.48. The lowest BCUT2D eigenvalue weighted by Gasteiger charge is -2.40. The van der Waals surface area contributed by atoms with E-state index in [1.807, 2.05) is 32.8 Å². The van der Waals surface area contributed by atoms with Crippen molar-refractivity contribution in [3.8, 4) is 0 Å². The average molecular weight is 274 g/mol. The van der Waals surface area contributed by atoms with Crippen LogP contribution in [0.2, 0.25) is 5.02 Å². The first-order valence-corrected chi connectivity index (χ1v) is 6.48. The smallest absolute Gasteiger partial charge is 0.142 e. The average Bonchev–Trinajstić information content (AvgIpc) is 2.32. The summed E-state index contributed by atoms with van der Waals surface area (Å²) < 4.78 is 13.3. The van der Waals surface area contributed by atoms with Crippen molar-refractivity contribution in [2.45, 2.75) is 38.3 Å². The molecule has 2 nitrogen and oxygen atoms in total. The molecule has 0 aliphatic carbocycles. The Morgan fingerprint density at radius 2 is 2.06 bits per heavy atom. The van der Waals surface area contributed by atoms with Gasteiger partial charge >= 0.3 is 0 Å². The van der Waals surface area contributed by atoms with Crippen LogP contribution in [-0.4, -0.2) is 35.7 Å². The van der Waals surface area contributed by atoms with E-state index in [0.29, 0.717) is 6.42 Å². The van der Waals surface area contributed by atoms with Gasteiger partial charge in [-0.2, -0.15) is 0 Å². The number of likely N-dealkylation sites (N-methyl/N-ethyl adjacent to an activating group) is 1. The molecule has 0 saturated heterocycles. The summed E-state index contributed by atoms with van der Waals surface area (Å²) in [6.07, 6.45) is 0.673. The number of aliphatic hydroxyl groups excluding tert-OH is 1. The lowest BCUT2D eigenvalue weighted by atomic mass is 9.86. The predicted octanol–water partition coefficient (Wildman–Crippen LogP) is 3.11. The van der Waals surface area contributed by atoms with Crippen LogP contribution in [0.15, 0.2) is 18.2 Å². The molecule has 4 heteroatoms. The highest BCUT2D eigenvalue weighted by atomic mass is 35.5. The first kappa shape index (κ1) is 15.4. The Hall–Kier alpha value is -0.640. The molecule has 0 radical (unpaired) electrons. The number of hydrogen-bond donors (Lipinski definition) is 1. The molecule has 1 aromatic rings. The van der Waals surface area contributed by atoms with Crippen LogP contribution in [0, 0.1) is 5.82 Å². The molecule has 2 unspecified atom stereocenters. The van der Waals surface area contributed by atoms with Gasteiger partial charge in [-0.15, -0.1) is 0 Å². The summed E-state index contributed by atoms with van der Waals surface area (Å²) in [5, 5.41) is 10.5. The summed E-state index contributed by atoms with van der Waals surface area (Å²) in [5.74, 6) is -0.440. The van der Waals surface area contributed by atoms with E-state index in [1.54, 1.807) is 6.07 Å². The van der Waals surface area contributed by atoms with Gasteiger partial charge in [-0.05, 0) is 45.1 Å². The van der Waals surface area contributed by atoms with Crippen LogP contribution in [-0.2, 0) is 6.42 Å². The van der Waals surface area contributed by atoms with Crippen LogP contribution < -0.4 is 0 Å². The van der Waals surface area contributed by atoms with E-state index < -0.39 is 11.9 Å². The fourth-order valence-corrected chi connectivity index (χ4v) is 2.08. The molecule has 102 valence electrons. The van der Waals surface area contributed by atoms with Gasteiger partial charge in [0.1, 0.15) is 5.82 Å². The minimum atomic E-state index is -0.557. The maximum atomic E-state index is 13.3. The van der Waals surface area contributed by atoms with Crippen LogP contribution in [0.25, 0.3) is 0 Å². The van der Waals surface area contributed by atoms with E-state index in [-0.39, 0.29) is 10.6 Å². The molecule has 0 heterocycles. The van der Waals surface area contributed by atoms with Gasteiger partial charge in [0.15, 0.2) is 0 Å². The van der Waals surface area contributed by atoms with Crippen LogP contribution >= 0.6 is 11.6 Å². The lowest BCUT2D eigenvalue weighted by molar-refractivity contribution is 0.00298. The molecule has 0 bridgehead atoms. The topological polar surface area (TPSA) is 23.5 Å². The van der Waals surface area contributed by atoms with Crippen LogP contribution in [0.3, 0.4) is 0 Å². The first-order chi connectivity index (χ1) is 8.31. The molecule has 0 aliphatic heterocycles. The molecule has 1 N–H and O–H groups in total. The molecule has 0 spiro atoms. The van der Waals surface area contributed by atoms with Gasteiger partial charge in [-0.25, -0.2) is 4.39 Å². The van der Waals surface area contributed by atoms with Crippen molar-refractivity contribution in [2.75, 3.05) is 14.1 Å². The number of nitrogens with zero attached hydrogens (tertiary/aromatic N) is 1. The van der Waals surface area contributed by atoms with Gasteiger partial charge in [-0.3, -0.25) is 0 Å². The minimum Gasteiger partial charge on any atom is -0.391 e. The quantitative estimate of drug-likeness (QED) is 0.891. The van der Waals surface area contributed by atoms with Gasteiger partial charge in [0.05, 0.1) is 11.1 Å². The maximum absolute atomic E-state index is 13.3. The zero-order valence-corrected chi connectivity index (χ0v) is 12.1. The summed E-state index contributed by atoms with van der Waals surface area (Å²) >= 11 is 5.64. The van der Waals surface area contributed by atoms with Gasteiger partial charge in [0.2, 0.25) is 0 Å². The molecule has 0 saturated carbocycles. The normalized spacial score (nSPS) is 16.7. The molecule has 0 amide bonds. The van der Waals surface area contributed by atoms with Crippen molar-refractivity contribution in [2.24, 2.45) is 0 Å². The zero-order valence-electron chi connectivity index (χ0n) is 11.4. The first-order valence-electron chi connectivity index (χ1n) is 6.10. The van der Waals surface area contributed by atoms with Crippen LogP contribution in [0.5, 0.6) is 0 Å². The highest BCUT2D eigenvalue weighted by molar-refractivity contribution is 6.30. The minimum absolute atomic E-state index is 0.110. The summed E-state index contributed by atoms with van der Waals surface area (Å²) in [5.41, 5.74) is 0.432. The van der Waals surface area contributed by atoms with E-state index in [9.17, 15) is 9.50 Å². The van der Waals surface area contributed by atoms with Crippen molar-refractivity contribution < 1.29 is 9.50 Å². The predicted molar refractivity (Wildman–Crippen MR) is 73.5 cm³/mol. The summed E-state index contributed by atoms with van der Waals surface area (Å²) in [4.78, 5) is 2.00. The summed E-state index contributed by atoms with van der Waals surface area (Å²) in [6, 6.07) is 4.66. The maximum Gasteiger partial charge on any atom is 0.142 e. The fraction of sp³-hybridized carbons (Fsp3) is 0.571. The summed E-state index contributed by atoms with van der Waals surface area (Å²) in [7, 11) is 3.88. The van der Waals surface area contributed by atoms with E-state index >= 15 is 0 Å². The molecule has 2 atom stereocenters. The second-order valence-electron chi connectivity index (χ2n) is 5.07. The van der Waals surface area contributed by atoms with Crippen molar-refractivity contribution >= 4 is 11.6 Å². The van der Waals surface area contributed by atoms with Crippen molar-refractivity contribution in [3.63, 3.8) is 0 Å². The Kier molecular flexibility index (Phi) is 5.14. The van der Waals surface area contributed by atoms with Crippen LogP contribution in [0.1, 0.15) is 25.8 Å². The van der Waals surface area contributed by atoms with Gasteiger partial charge in [-0.1, -0.05) is 24.6 Å².